The van der Waals surface area contributed by atoms with Crippen LogP contribution >= 0.6 is 15.6 Å². The Kier molecular flexibility index (Phi) is 69.3. The molecule has 5 atom stereocenters. The zero-order valence-corrected chi connectivity index (χ0v) is 64.0. The highest BCUT2D eigenvalue weighted by Crippen LogP contribution is 2.45. The van der Waals surface area contributed by atoms with E-state index in [1.807, 2.05) is 0 Å². The van der Waals surface area contributed by atoms with Gasteiger partial charge in [0, 0.05) is 25.7 Å². The SMILES string of the molecule is CCCCC/C=C\C/C=C\CCCCCCCC(=O)OC[C@H](COP(=O)(O)OC[C@@H](O)COP(=O)(O)OC[C@@H](COC(=O)CCCCCCC/C=C\CCCCCCCC)OC(=O)CCCCCCC/C=C\C/C=C\CCCCC)OC(=O)CCCCCCC/C=C\CCCCCC. The van der Waals surface area contributed by atoms with E-state index in [9.17, 15) is 43.2 Å². The molecule has 17 nitrogen and oxygen atoms in total. The van der Waals surface area contributed by atoms with Crippen LogP contribution in [0.1, 0.15) is 349 Å². The average molecular weight is 1430 g/mol. The fraction of sp³-hybridized carbons (Fsp3) is 0.797. The van der Waals surface area contributed by atoms with Gasteiger partial charge >= 0.3 is 39.5 Å². The van der Waals surface area contributed by atoms with Gasteiger partial charge in [0.25, 0.3) is 0 Å². The van der Waals surface area contributed by atoms with E-state index >= 15 is 0 Å². The molecule has 570 valence electrons. The Hall–Kier alpha value is -3.50. The van der Waals surface area contributed by atoms with Crippen molar-refractivity contribution in [2.75, 3.05) is 39.6 Å². The van der Waals surface area contributed by atoms with Gasteiger partial charge in [-0.1, -0.05) is 255 Å². The topological polar surface area (TPSA) is 237 Å². The van der Waals surface area contributed by atoms with Gasteiger partial charge in [0.1, 0.15) is 19.3 Å². The first-order chi connectivity index (χ1) is 47.7. The molecule has 0 bridgehead atoms. The lowest BCUT2D eigenvalue weighted by atomic mass is 10.1. The number of carbonyl (C=O) groups is 4. The molecule has 98 heavy (non-hydrogen) atoms. The summed E-state index contributed by atoms with van der Waals surface area (Å²) in [4.78, 5) is 72.9. The van der Waals surface area contributed by atoms with Crippen molar-refractivity contribution in [3.05, 3.63) is 72.9 Å². The van der Waals surface area contributed by atoms with E-state index in [1.165, 1.54) is 103 Å². The minimum absolute atomic E-state index is 0.0797. The highest BCUT2D eigenvalue weighted by Gasteiger charge is 2.30. The summed E-state index contributed by atoms with van der Waals surface area (Å²) in [6.45, 7) is 4.79. The molecule has 0 saturated carbocycles. The van der Waals surface area contributed by atoms with Gasteiger partial charge in [-0.25, -0.2) is 9.13 Å². The maximum atomic E-state index is 13.1. The summed E-state index contributed by atoms with van der Waals surface area (Å²) >= 11 is 0. The molecule has 0 aliphatic carbocycles. The second-order valence-corrected chi connectivity index (χ2v) is 29.2. The molecule has 0 aromatic carbocycles. The van der Waals surface area contributed by atoms with Crippen LogP contribution in [0.2, 0.25) is 0 Å². The lowest BCUT2D eigenvalue weighted by molar-refractivity contribution is -0.161. The van der Waals surface area contributed by atoms with Gasteiger partial charge < -0.3 is 33.8 Å². The number of hydrogen-bond acceptors (Lipinski definition) is 15. The van der Waals surface area contributed by atoms with Gasteiger partial charge in [0.15, 0.2) is 12.2 Å². The normalized spacial score (nSPS) is 14.3. The van der Waals surface area contributed by atoms with Crippen LogP contribution in [0.3, 0.4) is 0 Å². The molecule has 3 N–H and O–H groups in total. The fourth-order valence-electron chi connectivity index (χ4n) is 10.6. The number of unbranched alkanes of at least 4 members (excludes halogenated alkanes) is 36. The number of carbonyl (C=O) groups excluding carboxylic acids is 4. The van der Waals surface area contributed by atoms with E-state index in [0.29, 0.717) is 25.7 Å². The molecule has 19 heteroatoms. The third-order valence-corrected chi connectivity index (χ3v) is 18.5. The van der Waals surface area contributed by atoms with Crippen molar-refractivity contribution in [2.24, 2.45) is 0 Å². The molecule has 2 unspecified atom stereocenters. The van der Waals surface area contributed by atoms with E-state index < -0.39 is 97.5 Å². The molecule has 0 aliphatic rings. The van der Waals surface area contributed by atoms with Gasteiger partial charge in [-0.15, -0.1) is 0 Å². The predicted molar refractivity (Wildman–Crippen MR) is 400 cm³/mol. The van der Waals surface area contributed by atoms with Gasteiger partial charge in [0.2, 0.25) is 0 Å². The molecule has 0 amide bonds. The molecule has 0 fully saturated rings. The lowest BCUT2D eigenvalue weighted by Gasteiger charge is -2.21. The van der Waals surface area contributed by atoms with Gasteiger partial charge in [0.05, 0.1) is 26.4 Å². The zero-order chi connectivity index (χ0) is 71.8. The van der Waals surface area contributed by atoms with Crippen molar-refractivity contribution in [3.8, 4) is 0 Å². The van der Waals surface area contributed by atoms with Crippen LogP contribution < -0.4 is 0 Å². The number of hydrogen-bond donors (Lipinski definition) is 3. The van der Waals surface area contributed by atoms with Crippen LogP contribution in [0.4, 0.5) is 0 Å². The quantitative estimate of drug-likeness (QED) is 0.0169. The minimum Gasteiger partial charge on any atom is -0.462 e. The summed E-state index contributed by atoms with van der Waals surface area (Å²) in [5, 5.41) is 10.6. The van der Waals surface area contributed by atoms with Crippen molar-refractivity contribution < 1.29 is 80.2 Å². The van der Waals surface area contributed by atoms with Crippen molar-refractivity contribution in [1.29, 1.82) is 0 Å². The van der Waals surface area contributed by atoms with E-state index in [1.54, 1.807) is 0 Å². The number of esters is 4. The largest absolute Gasteiger partial charge is 0.472 e. The molecule has 0 aromatic rings. The molecule has 0 rings (SSSR count). The lowest BCUT2D eigenvalue weighted by Crippen LogP contribution is -2.30. The summed E-state index contributed by atoms with van der Waals surface area (Å²) in [5.74, 6) is -2.20. The van der Waals surface area contributed by atoms with Gasteiger partial charge in [-0.3, -0.25) is 37.3 Å². The van der Waals surface area contributed by atoms with Crippen LogP contribution in [0.15, 0.2) is 72.9 Å². The smallest absolute Gasteiger partial charge is 0.462 e. The Bertz CT molecular complexity index is 2140. The Balaban J connectivity index is 5.36. The monoisotopic (exact) mass is 1420 g/mol. The average Bonchev–Trinajstić information content (AvgIpc) is 0.959. The third-order valence-electron chi connectivity index (χ3n) is 16.6. The summed E-state index contributed by atoms with van der Waals surface area (Å²) < 4.78 is 68.5. The highest BCUT2D eigenvalue weighted by atomic mass is 31.2. The highest BCUT2D eigenvalue weighted by molar-refractivity contribution is 7.47. The van der Waals surface area contributed by atoms with Crippen molar-refractivity contribution >= 4 is 39.5 Å². The standard InChI is InChI=1S/C79H142O17P2/c1-5-9-13-17-21-25-29-33-36-40-43-47-51-55-59-63-76(81)89-69-74(95-78(83)65-61-57-53-49-45-39-32-28-24-20-16-12-8-4)71-93-97(85,86)91-67-73(80)68-92-98(87,88)94-72-75(96-79(84)66-62-58-54-50-46-42-38-35-31-27-23-19-15-11-7-3)70-90-77(82)64-60-56-52-48-44-41-37-34-30-26-22-18-14-10-6-2/h21,23,25,27-28,32-38,73-75,80H,5-20,22,24,26,29-31,39-72H2,1-4H3,(H,85,86)(H,87,88)/b25-21-,27-23-,32-28-,36-33-,37-34-,38-35-/t73-,74-,75-/m1/s1. The Labute approximate surface area is 596 Å². The van der Waals surface area contributed by atoms with Gasteiger partial charge in [-0.2, -0.15) is 0 Å². The minimum atomic E-state index is -4.98. The molecular formula is C79H142O17P2. The number of aliphatic hydroxyl groups excluding tert-OH is 1. The molecular weight excluding hydrogens is 1280 g/mol. The van der Waals surface area contributed by atoms with Crippen LogP contribution in [0.25, 0.3) is 0 Å². The van der Waals surface area contributed by atoms with E-state index in [-0.39, 0.29) is 25.7 Å². The maximum absolute atomic E-state index is 13.1. The van der Waals surface area contributed by atoms with Crippen LogP contribution in [0.5, 0.6) is 0 Å². The first kappa shape index (κ1) is 94.5. The molecule has 0 spiro atoms. The summed E-state index contributed by atoms with van der Waals surface area (Å²) in [6.07, 6.45) is 71.6. The second-order valence-electron chi connectivity index (χ2n) is 26.3. The molecule has 0 aromatic heterocycles. The molecule has 0 heterocycles. The number of phosphoric acid groups is 2. The van der Waals surface area contributed by atoms with E-state index in [0.717, 1.165) is 167 Å². The number of ether oxygens (including phenoxy) is 4. The summed E-state index contributed by atoms with van der Waals surface area (Å²) in [6, 6.07) is 0. The number of phosphoric ester groups is 2. The second kappa shape index (κ2) is 71.9. The summed E-state index contributed by atoms with van der Waals surface area (Å²) in [5.41, 5.74) is 0. The first-order valence-corrected chi connectivity index (χ1v) is 42.2. The van der Waals surface area contributed by atoms with E-state index in [4.69, 9.17) is 37.0 Å². The Morgan fingerprint density at radius 3 is 0.796 bits per heavy atom. The Morgan fingerprint density at radius 1 is 0.286 bits per heavy atom. The zero-order valence-electron chi connectivity index (χ0n) is 62.2. The van der Waals surface area contributed by atoms with Gasteiger partial charge in [-0.05, 0) is 141 Å². The first-order valence-electron chi connectivity index (χ1n) is 39.2. The third kappa shape index (κ3) is 70.9. The molecule has 0 radical (unpaired) electrons. The number of allylic oxidation sites excluding steroid dienone is 12. The predicted octanol–water partition coefficient (Wildman–Crippen LogP) is 22.4. The van der Waals surface area contributed by atoms with Crippen molar-refractivity contribution in [3.63, 3.8) is 0 Å². The van der Waals surface area contributed by atoms with Crippen LogP contribution in [-0.4, -0.2) is 96.7 Å². The number of rotatable bonds is 74. The fourth-order valence-corrected chi connectivity index (χ4v) is 12.1. The number of aliphatic hydroxyl groups is 1. The summed E-state index contributed by atoms with van der Waals surface area (Å²) in [7, 11) is -9.95. The van der Waals surface area contributed by atoms with Crippen LogP contribution in [0, 0.1) is 0 Å². The maximum Gasteiger partial charge on any atom is 0.472 e. The molecule has 0 aliphatic heterocycles. The Morgan fingerprint density at radius 2 is 0.500 bits per heavy atom. The van der Waals surface area contributed by atoms with E-state index in [2.05, 4.69) is 101 Å². The molecule has 0 saturated heterocycles. The van der Waals surface area contributed by atoms with Crippen molar-refractivity contribution in [2.45, 2.75) is 367 Å². The van der Waals surface area contributed by atoms with Crippen molar-refractivity contribution in [1.82, 2.24) is 0 Å². The van der Waals surface area contributed by atoms with Crippen LogP contribution in [-0.2, 0) is 65.4 Å².